The Bertz CT molecular complexity index is 3980. The number of benzene rings is 8. The Kier molecular flexibility index (Phi) is 14.6. The Morgan fingerprint density at radius 2 is 0.873 bits per heavy atom. The first-order valence-corrected chi connectivity index (χ1v) is 26.8. The summed E-state index contributed by atoms with van der Waals surface area (Å²) in [5.41, 5.74) is 17.7. The molecular weight excluding hydrogens is 987 g/mol. The predicted octanol–water partition coefficient (Wildman–Crippen LogP) is 18.5. The molecule has 0 spiro atoms. The largest absolute Gasteiger partial charge is 0.507 e. The maximum atomic E-state index is 15.6. The van der Waals surface area contributed by atoms with Gasteiger partial charge < -0.3 is 29.5 Å². The molecule has 2 N–H and O–H groups in total. The fourth-order valence-electron chi connectivity index (χ4n) is 11.5. The molecule has 0 unspecified atom stereocenters. The highest BCUT2D eigenvalue weighted by Gasteiger charge is 2.28. The molecule has 0 aliphatic carbocycles. The second kappa shape index (κ2) is 21.6. The van der Waals surface area contributed by atoms with Crippen LogP contribution in [0.3, 0.4) is 0 Å². The smallest absolute Gasteiger partial charge is 0.147 e. The standard InChI is InChI=1S/C69H66F2N4O4/c1-38-27-42(5)67(43(6)28-38)74(58-17-13-15-50-21-19-46(9)72-65(50)58)60-37-62(76)54(33-41(60)4)55-35-52(70)23-25-63(55)78-48(11)34-49(12)79-64-26-24-53(71)36-56(64)57-31-40(3)32-61(69(57)77)75(68-44(7)29-39(2)30-45(68)8)59-18-14-16-51-22-20-47(10)73-66(51)59/h13-33,35-37,48-49,76-77H,34H2,1-12H3/t48-,49+/m0/s1. The van der Waals surface area contributed by atoms with Gasteiger partial charge >= 0.3 is 0 Å². The van der Waals surface area contributed by atoms with Crippen molar-refractivity contribution in [1.29, 1.82) is 0 Å². The average Bonchev–Trinajstić information content (AvgIpc) is 3.55. The molecule has 10 heteroatoms. The molecule has 8 nitrogen and oxygen atoms in total. The van der Waals surface area contributed by atoms with Gasteiger partial charge in [0.05, 0.1) is 57.4 Å². The summed E-state index contributed by atoms with van der Waals surface area (Å²) in [6.07, 6.45) is -0.614. The Morgan fingerprint density at radius 3 is 1.35 bits per heavy atom. The van der Waals surface area contributed by atoms with E-state index in [1.54, 1.807) is 18.2 Å². The molecular formula is C69H66F2N4O4. The van der Waals surface area contributed by atoms with Gasteiger partial charge in [0.2, 0.25) is 0 Å². The average molecular weight is 1050 g/mol. The van der Waals surface area contributed by atoms with Crippen LogP contribution in [0.1, 0.15) is 76.2 Å². The fourth-order valence-corrected chi connectivity index (χ4v) is 11.5. The van der Waals surface area contributed by atoms with E-state index in [-0.39, 0.29) is 11.5 Å². The first-order valence-electron chi connectivity index (χ1n) is 26.8. The molecule has 0 aliphatic rings. The summed E-state index contributed by atoms with van der Waals surface area (Å²) in [5, 5.41) is 26.8. The summed E-state index contributed by atoms with van der Waals surface area (Å²) in [4.78, 5) is 14.2. The van der Waals surface area contributed by atoms with Gasteiger partial charge in [0, 0.05) is 56.9 Å². The molecule has 2 aromatic heterocycles. The predicted molar refractivity (Wildman–Crippen MR) is 319 cm³/mol. The lowest BCUT2D eigenvalue weighted by Gasteiger charge is -2.31. The van der Waals surface area contributed by atoms with Crippen molar-refractivity contribution in [1.82, 2.24) is 9.97 Å². The Labute approximate surface area is 462 Å². The zero-order valence-electron chi connectivity index (χ0n) is 47.0. The van der Waals surface area contributed by atoms with E-state index >= 15 is 8.78 Å². The van der Waals surface area contributed by atoms with Crippen molar-refractivity contribution in [2.45, 2.75) is 102 Å². The van der Waals surface area contributed by atoms with Crippen LogP contribution in [-0.2, 0) is 0 Å². The van der Waals surface area contributed by atoms with Crippen LogP contribution in [0.25, 0.3) is 44.1 Å². The van der Waals surface area contributed by atoms with E-state index in [9.17, 15) is 10.2 Å². The van der Waals surface area contributed by atoms with Gasteiger partial charge in [-0.05, 0) is 195 Å². The minimum atomic E-state index is -0.492. The first-order chi connectivity index (χ1) is 37.7. The lowest BCUT2D eigenvalue weighted by atomic mass is 9.97. The number of aryl methyl sites for hydroxylation is 10. The molecule has 10 rings (SSSR count). The van der Waals surface area contributed by atoms with Gasteiger partial charge in [-0.1, -0.05) is 71.8 Å². The molecule has 0 saturated heterocycles. The van der Waals surface area contributed by atoms with Crippen molar-refractivity contribution in [2.24, 2.45) is 0 Å². The minimum Gasteiger partial charge on any atom is -0.507 e. The number of rotatable bonds is 14. The van der Waals surface area contributed by atoms with Gasteiger partial charge in [-0.2, -0.15) is 0 Å². The highest BCUT2D eigenvalue weighted by Crippen LogP contribution is 2.51. The van der Waals surface area contributed by atoms with Gasteiger partial charge in [-0.15, -0.1) is 0 Å². The highest BCUT2D eigenvalue weighted by atomic mass is 19.1. The number of nitrogens with zero attached hydrogens (tertiary/aromatic N) is 4. The summed E-state index contributed by atoms with van der Waals surface area (Å²) < 4.78 is 44.3. The van der Waals surface area contributed by atoms with Crippen LogP contribution in [0, 0.1) is 80.9 Å². The maximum absolute atomic E-state index is 15.6. The van der Waals surface area contributed by atoms with Gasteiger partial charge in [0.1, 0.15) is 34.6 Å². The van der Waals surface area contributed by atoms with Crippen LogP contribution in [0.5, 0.6) is 23.0 Å². The van der Waals surface area contributed by atoms with E-state index in [1.807, 2.05) is 102 Å². The number of halogens is 2. The van der Waals surface area contributed by atoms with E-state index in [4.69, 9.17) is 19.4 Å². The Hall–Kier alpha value is -8.76. The number of aromatic hydroxyl groups is 2. The lowest BCUT2D eigenvalue weighted by molar-refractivity contribution is 0.131. The summed E-state index contributed by atoms with van der Waals surface area (Å²) in [5.74, 6) is -0.348. The number of anilines is 6. The van der Waals surface area contributed by atoms with Gasteiger partial charge in [0.25, 0.3) is 0 Å². The molecule has 0 bridgehead atoms. The van der Waals surface area contributed by atoms with E-state index in [0.29, 0.717) is 45.9 Å². The third-order valence-electron chi connectivity index (χ3n) is 14.7. The van der Waals surface area contributed by atoms with E-state index in [1.165, 1.54) is 24.3 Å². The zero-order chi connectivity index (χ0) is 56.1. The van der Waals surface area contributed by atoms with E-state index < -0.39 is 23.8 Å². The van der Waals surface area contributed by atoms with Crippen LogP contribution < -0.4 is 19.3 Å². The molecule has 400 valence electrons. The highest BCUT2D eigenvalue weighted by molar-refractivity contribution is 6.01. The molecule has 79 heavy (non-hydrogen) atoms. The monoisotopic (exact) mass is 1050 g/mol. The molecule has 2 heterocycles. The van der Waals surface area contributed by atoms with Crippen molar-refractivity contribution in [3.8, 4) is 45.3 Å². The number of pyridine rings is 2. The Morgan fingerprint density at radius 1 is 0.430 bits per heavy atom. The SMILES string of the molecule is Cc1cc(C)c(N(c2cc(O)c(-c3cc(F)ccc3O[C@@H](C)C[C@@H](C)Oc3ccc(F)cc3-c3cc(C)cc(N(c4c(C)cc(C)cc4C)c4cccc5ccc(C)nc45)c3O)cc2C)c2cccc3ccc(C)nc23)c(C)c1. The number of aromatic nitrogens is 2. The second-order valence-corrected chi connectivity index (χ2v) is 21.5. The molecule has 0 aliphatic heterocycles. The van der Waals surface area contributed by atoms with Gasteiger partial charge in [-0.25, -0.2) is 8.78 Å². The molecule has 0 fully saturated rings. The van der Waals surface area contributed by atoms with E-state index in [2.05, 4.69) is 93.8 Å². The molecule has 10 aromatic rings. The molecule has 0 saturated carbocycles. The maximum Gasteiger partial charge on any atom is 0.147 e. The number of hydrogen-bond donors (Lipinski definition) is 2. The van der Waals surface area contributed by atoms with Crippen LogP contribution >= 0.6 is 0 Å². The number of phenolic OH excluding ortho intramolecular Hbond substituents is 2. The molecule has 8 aromatic carbocycles. The number of para-hydroxylation sites is 2. The van der Waals surface area contributed by atoms with Crippen molar-refractivity contribution >= 4 is 55.9 Å². The minimum absolute atomic E-state index is 0.0558. The van der Waals surface area contributed by atoms with Crippen molar-refractivity contribution in [3.05, 3.63) is 213 Å². The Balaban J connectivity index is 0.968. The zero-order valence-corrected chi connectivity index (χ0v) is 47.0. The fraction of sp³-hybridized carbons (Fsp3) is 0.217. The van der Waals surface area contributed by atoms with Crippen LogP contribution in [0.4, 0.5) is 42.9 Å². The van der Waals surface area contributed by atoms with Gasteiger partial charge in [0.15, 0.2) is 0 Å². The molecule has 0 amide bonds. The number of fused-ring (bicyclic) bond motifs is 2. The topological polar surface area (TPSA) is 91.2 Å². The third-order valence-corrected chi connectivity index (χ3v) is 14.7. The van der Waals surface area contributed by atoms with Crippen LogP contribution in [0.2, 0.25) is 0 Å². The molecule has 2 atom stereocenters. The summed E-state index contributed by atoms with van der Waals surface area (Å²) in [6.45, 7) is 24.2. The summed E-state index contributed by atoms with van der Waals surface area (Å²) >= 11 is 0. The first kappa shape index (κ1) is 53.6. The van der Waals surface area contributed by atoms with Gasteiger partial charge in [-0.3, -0.25) is 9.97 Å². The van der Waals surface area contributed by atoms with Crippen LogP contribution in [0.15, 0.2) is 146 Å². The quantitative estimate of drug-likeness (QED) is 0.111. The third kappa shape index (κ3) is 10.7. The van der Waals surface area contributed by atoms with Crippen molar-refractivity contribution in [3.63, 3.8) is 0 Å². The normalized spacial score (nSPS) is 12.2. The lowest BCUT2D eigenvalue weighted by Crippen LogP contribution is -2.23. The van der Waals surface area contributed by atoms with Crippen molar-refractivity contribution < 1.29 is 28.5 Å². The summed E-state index contributed by atoms with van der Waals surface area (Å²) in [6, 6.07) is 44.9. The molecule has 0 radical (unpaired) electrons. The van der Waals surface area contributed by atoms with E-state index in [0.717, 1.165) is 106 Å². The summed E-state index contributed by atoms with van der Waals surface area (Å²) in [7, 11) is 0. The van der Waals surface area contributed by atoms with Crippen LogP contribution in [-0.4, -0.2) is 32.4 Å². The second-order valence-electron chi connectivity index (χ2n) is 21.5. The number of ether oxygens (including phenoxy) is 2. The number of phenols is 2. The number of hydrogen-bond acceptors (Lipinski definition) is 8. The van der Waals surface area contributed by atoms with Crippen molar-refractivity contribution in [2.75, 3.05) is 9.80 Å².